The molecule has 0 radical (unpaired) electrons. The van der Waals surface area contributed by atoms with E-state index in [0.29, 0.717) is 6.04 Å². The molecule has 1 unspecified atom stereocenters. The molecule has 1 rings (SSSR count). The third-order valence-electron chi connectivity index (χ3n) is 3.12. The van der Waals surface area contributed by atoms with Crippen LogP contribution in [0.4, 0.5) is 0 Å². The van der Waals surface area contributed by atoms with Crippen molar-refractivity contribution in [2.75, 3.05) is 6.54 Å². The molecule has 1 aromatic rings. The van der Waals surface area contributed by atoms with Crippen molar-refractivity contribution in [1.82, 2.24) is 5.32 Å². The molecule has 0 aliphatic heterocycles. The van der Waals surface area contributed by atoms with Gasteiger partial charge in [0.2, 0.25) is 0 Å². The van der Waals surface area contributed by atoms with E-state index in [1.807, 2.05) is 6.08 Å². The second kappa shape index (κ2) is 9.35. The number of rotatable bonds is 9. The van der Waals surface area contributed by atoms with Gasteiger partial charge in [-0.3, -0.25) is 0 Å². The molecule has 0 saturated carbocycles. The standard InChI is InChI=1S/C16H24BrN/c1-3-5-6-7-8-9-16(18-4-2)14-10-12-15(17)13-11-14/h3,10-13,16,18H,1,4-9H2,2H3. The van der Waals surface area contributed by atoms with Crippen LogP contribution < -0.4 is 5.32 Å². The van der Waals surface area contributed by atoms with Gasteiger partial charge in [-0.15, -0.1) is 6.58 Å². The molecule has 0 fully saturated rings. The number of halogens is 1. The van der Waals surface area contributed by atoms with Crippen molar-refractivity contribution in [3.8, 4) is 0 Å². The van der Waals surface area contributed by atoms with E-state index in [1.54, 1.807) is 0 Å². The van der Waals surface area contributed by atoms with Crippen LogP contribution in [0.2, 0.25) is 0 Å². The normalized spacial score (nSPS) is 12.3. The lowest BCUT2D eigenvalue weighted by molar-refractivity contribution is 0.483. The van der Waals surface area contributed by atoms with Gasteiger partial charge in [0.1, 0.15) is 0 Å². The Morgan fingerprint density at radius 1 is 1.22 bits per heavy atom. The van der Waals surface area contributed by atoms with Crippen LogP contribution in [0.3, 0.4) is 0 Å². The summed E-state index contributed by atoms with van der Waals surface area (Å²) in [5.74, 6) is 0. The second-order valence-electron chi connectivity index (χ2n) is 4.59. The molecule has 0 amide bonds. The van der Waals surface area contributed by atoms with Crippen molar-refractivity contribution in [1.29, 1.82) is 0 Å². The van der Waals surface area contributed by atoms with Gasteiger partial charge in [-0.25, -0.2) is 0 Å². The average Bonchev–Trinajstić information content (AvgIpc) is 2.38. The van der Waals surface area contributed by atoms with Gasteiger partial charge in [0.05, 0.1) is 0 Å². The van der Waals surface area contributed by atoms with Gasteiger partial charge in [0.25, 0.3) is 0 Å². The number of nitrogens with one attached hydrogen (secondary N) is 1. The number of hydrogen-bond acceptors (Lipinski definition) is 1. The summed E-state index contributed by atoms with van der Waals surface area (Å²) in [6.07, 6.45) is 8.21. The molecule has 1 N–H and O–H groups in total. The first kappa shape index (κ1) is 15.5. The molecule has 0 saturated heterocycles. The maximum Gasteiger partial charge on any atom is 0.0320 e. The van der Waals surface area contributed by atoms with Gasteiger partial charge in [-0.1, -0.05) is 53.9 Å². The molecule has 2 heteroatoms. The molecule has 0 aromatic heterocycles. The largest absolute Gasteiger partial charge is 0.310 e. The highest BCUT2D eigenvalue weighted by molar-refractivity contribution is 9.10. The summed E-state index contributed by atoms with van der Waals surface area (Å²) in [5, 5.41) is 3.57. The minimum atomic E-state index is 0.492. The van der Waals surface area contributed by atoms with Crippen LogP contribution in [0.15, 0.2) is 41.4 Å². The molecular weight excluding hydrogens is 286 g/mol. The lowest BCUT2D eigenvalue weighted by Gasteiger charge is -2.18. The molecule has 0 aliphatic carbocycles. The third-order valence-corrected chi connectivity index (χ3v) is 3.65. The minimum Gasteiger partial charge on any atom is -0.310 e. The van der Waals surface area contributed by atoms with Crippen molar-refractivity contribution in [3.63, 3.8) is 0 Å². The third kappa shape index (κ3) is 5.83. The van der Waals surface area contributed by atoms with Crippen molar-refractivity contribution >= 4 is 15.9 Å². The van der Waals surface area contributed by atoms with E-state index in [0.717, 1.165) is 17.4 Å². The van der Waals surface area contributed by atoms with Gasteiger partial charge >= 0.3 is 0 Å². The SMILES string of the molecule is C=CCCCCCC(NCC)c1ccc(Br)cc1. The predicted molar refractivity (Wildman–Crippen MR) is 83.8 cm³/mol. The molecule has 0 bridgehead atoms. The first-order valence-electron chi connectivity index (χ1n) is 6.87. The molecule has 0 aliphatic rings. The highest BCUT2D eigenvalue weighted by Gasteiger charge is 2.09. The van der Waals surface area contributed by atoms with Crippen LogP contribution in [-0.4, -0.2) is 6.54 Å². The number of benzene rings is 1. The van der Waals surface area contributed by atoms with Gasteiger partial charge in [0.15, 0.2) is 0 Å². The summed E-state index contributed by atoms with van der Waals surface area (Å²) in [7, 11) is 0. The van der Waals surface area contributed by atoms with E-state index in [9.17, 15) is 0 Å². The zero-order valence-corrected chi connectivity index (χ0v) is 12.9. The van der Waals surface area contributed by atoms with Crippen molar-refractivity contribution < 1.29 is 0 Å². The van der Waals surface area contributed by atoms with Crippen LogP contribution in [0.25, 0.3) is 0 Å². The molecule has 1 nitrogen and oxygen atoms in total. The first-order chi connectivity index (χ1) is 8.77. The Bertz CT molecular complexity index is 331. The second-order valence-corrected chi connectivity index (χ2v) is 5.50. The van der Waals surface area contributed by atoms with Crippen LogP contribution in [0.5, 0.6) is 0 Å². The highest BCUT2D eigenvalue weighted by atomic mass is 79.9. The number of allylic oxidation sites excluding steroid dienone is 1. The quantitative estimate of drug-likeness (QED) is 0.486. The lowest BCUT2D eigenvalue weighted by atomic mass is 10.00. The maximum atomic E-state index is 3.76. The smallest absolute Gasteiger partial charge is 0.0320 e. The highest BCUT2D eigenvalue weighted by Crippen LogP contribution is 2.22. The van der Waals surface area contributed by atoms with E-state index in [1.165, 1.54) is 31.2 Å². The summed E-state index contributed by atoms with van der Waals surface area (Å²) in [4.78, 5) is 0. The van der Waals surface area contributed by atoms with E-state index in [4.69, 9.17) is 0 Å². The molecule has 100 valence electrons. The van der Waals surface area contributed by atoms with Crippen molar-refractivity contribution in [3.05, 3.63) is 47.0 Å². The lowest BCUT2D eigenvalue weighted by Crippen LogP contribution is -2.20. The van der Waals surface area contributed by atoms with E-state index >= 15 is 0 Å². The first-order valence-corrected chi connectivity index (χ1v) is 7.67. The monoisotopic (exact) mass is 309 g/mol. The van der Waals surface area contributed by atoms with Crippen LogP contribution in [0, 0.1) is 0 Å². The molecule has 18 heavy (non-hydrogen) atoms. The Morgan fingerprint density at radius 3 is 2.56 bits per heavy atom. The fourth-order valence-corrected chi connectivity index (χ4v) is 2.41. The topological polar surface area (TPSA) is 12.0 Å². The molecule has 0 spiro atoms. The summed E-state index contributed by atoms with van der Waals surface area (Å²) in [6.45, 7) is 6.95. The van der Waals surface area contributed by atoms with Gasteiger partial charge in [-0.05, 0) is 43.5 Å². The van der Waals surface area contributed by atoms with Gasteiger partial charge in [0, 0.05) is 10.5 Å². The number of hydrogen-bond donors (Lipinski definition) is 1. The predicted octanol–water partition coefficient (Wildman–Crippen LogP) is 5.24. The molecule has 0 heterocycles. The zero-order chi connectivity index (χ0) is 13.2. The fraction of sp³-hybridized carbons (Fsp3) is 0.500. The van der Waals surface area contributed by atoms with Crippen molar-refractivity contribution in [2.45, 2.75) is 45.1 Å². The summed E-state index contributed by atoms with van der Waals surface area (Å²) >= 11 is 3.48. The number of unbranched alkanes of at least 4 members (excludes halogenated alkanes) is 3. The Kier molecular flexibility index (Phi) is 8.03. The average molecular weight is 310 g/mol. The Hall–Kier alpha value is -0.600. The fourth-order valence-electron chi connectivity index (χ4n) is 2.14. The van der Waals surface area contributed by atoms with E-state index in [2.05, 4.69) is 59.0 Å². The Labute approximate surface area is 120 Å². The Balaban J connectivity index is 2.43. The van der Waals surface area contributed by atoms with Gasteiger partial charge < -0.3 is 5.32 Å². The van der Waals surface area contributed by atoms with Gasteiger partial charge in [-0.2, -0.15) is 0 Å². The Morgan fingerprint density at radius 2 is 1.94 bits per heavy atom. The van der Waals surface area contributed by atoms with Crippen LogP contribution >= 0.6 is 15.9 Å². The van der Waals surface area contributed by atoms with Crippen LogP contribution in [-0.2, 0) is 0 Å². The maximum absolute atomic E-state index is 3.76. The summed E-state index contributed by atoms with van der Waals surface area (Å²) < 4.78 is 1.15. The van der Waals surface area contributed by atoms with Crippen LogP contribution in [0.1, 0.15) is 50.6 Å². The molecule has 1 atom stereocenters. The van der Waals surface area contributed by atoms with E-state index < -0.39 is 0 Å². The van der Waals surface area contributed by atoms with E-state index in [-0.39, 0.29) is 0 Å². The summed E-state index contributed by atoms with van der Waals surface area (Å²) in [6, 6.07) is 9.16. The molecule has 1 aromatic carbocycles. The molecular formula is C16H24BrN. The summed E-state index contributed by atoms with van der Waals surface area (Å²) in [5.41, 5.74) is 1.39. The minimum absolute atomic E-state index is 0.492. The van der Waals surface area contributed by atoms with Crippen molar-refractivity contribution in [2.24, 2.45) is 0 Å². The zero-order valence-electron chi connectivity index (χ0n) is 11.3.